The Morgan fingerprint density at radius 1 is 1.19 bits per heavy atom. The molecule has 0 spiro atoms. The molecule has 1 aliphatic rings. The van der Waals surface area contributed by atoms with Crippen molar-refractivity contribution in [3.8, 4) is 17.2 Å². The first-order valence-corrected chi connectivity index (χ1v) is 11.5. The third kappa shape index (κ3) is 5.78. The number of benzene rings is 2. The van der Waals surface area contributed by atoms with Crippen molar-refractivity contribution >= 4 is 40.6 Å². The molecule has 0 radical (unpaired) electrons. The number of imide groups is 1. The molecule has 1 fully saturated rings. The van der Waals surface area contributed by atoms with Crippen molar-refractivity contribution in [2.45, 2.75) is 33.3 Å². The predicted molar refractivity (Wildman–Crippen MR) is 128 cm³/mol. The van der Waals surface area contributed by atoms with E-state index in [9.17, 15) is 9.59 Å². The van der Waals surface area contributed by atoms with Crippen molar-refractivity contribution in [3.63, 3.8) is 0 Å². The van der Waals surface area contributed by atoms with Crippen LogP contribution in [0.4, 0.5) is 4.79 Å². The van der Waals surface area contributed by atoms with Crippen LogP contribution in [-0.2, 0) is 4.79 Å². The first-order valence-electron chi connectivity index (χ1n) is 10.3. The van der Waals surface area contributed by atoms with Crippen LogP contribution in [0.3, 0.4) is 0 Å². The largest absolute Gasteiger partial charge is 0.493 e. The van der Waals surface area contributed by atoms with Crippen molar-refractivity contribution in [1.29, 1.82) is 0 Å². The molecule has 0 N–H and O–H groups in total. The fourth-order valence-electron chi connectivity index (χ4n) is 2.96. The molecular formula is C24H26ClNO5S. The maximum absolute atomic E-state index is 12.8. The molecule has 0 unspecified atom stereocenters. The maximum Gasteiger partial charge on any atom is 0.293 e. The van der Waals surface area contributed by atoms with Gasteiger partial charge in [-0.1, -0.05) is 36.2 Å². The number of methoxy groups -OCH3 is 1. The molecule has 8 heteroatoms. The molecule has 170 valence electrons. The Hall–Kier alpha value is -2.64. The second-order valence-corrected chi connectivity index (χ2v) is 8.77. The van der Waals surface area contributed by atoms with Crippen molar-refractivity contribution in [2.24, 2.45) is 0 Å². The standard InChI is InChI=1S/C24H26ClNO5S/c1-5-16(3)31-22-19(25)12-17(13-20(22)29-4)14-21-23(27)26(24(28)32-21)10-11-30-18-8-6-15(2)7-9-18/h6-9,12-14,16H,5,10-11H2,1-4H3/b21-14-/t16-/m0/s1. The summed E-state index contributed by atoms with van der Waals surface area (Å²) in [5.74, 6) is 1.26. The maximum atomic E-state index is 12.8. The summed E-state index contributed by atoms with van der Waals surface area (Å²) in [7, 11) is 1.53. The minimum atomic E-state index is -0.359. The average molecular weight is 476 g/mol. The molecule has 0 aromatic heterocycles. The Bertz CT molecular complexity index is 1020. The topological polar surface area (TPSA) is 65.1 Å². The Kier molecular flexibility index (Phi) is 8.10. The smallest absolute Gasteiger partial charge is 0.293 e. The zero-order chi connectivity index (χ0) is 23.3. The molecule has 32 heavy (non-hydrogen) atoms. The van der Waals surface area contributed by atoms with Gasteiger partial charge in [0.1, 0.15) is 12.4 Å². The van der Waals surface area contributed by atoms with Crippen molar-refractivity contribution in [2.75, 3.05) is 20.3 Å². The molecule has 3 rings (SSSR count). The summed E-state index contributed by atoms with van der Waals surface area (Å²) >= 11 is 7.30. The Labute approximate surface area is 197 Å². The normalized spacial score (nSPS) is 15.9. The van der Waals surface area contributed by atoms with E-state index in [0.717, 1.165) is 23.7 Å². The van der Waals surface area contributed by atoms with E-state index in [1.807, 2.05) is 45.0 Å². The number of amides is 2. The number of nitrogens with zero attached hydrogens (tertiary/aromatic N) is 1. The summed E-state index contributed by atoms with van der Waals surface area (Å²) in [4.78, 5) is 26.6. The van der Waals surface area contributed by atoms with Gasteiger partial charge in [-0.15, -0.1) is 0 Å². The zero-order valence-electron chi connectivity index (χ0n) is 18.5. The van der Waals surface area contributed by atoms with Gasteiger partial charge < -0.3 is 14.2 Å². The van der Waals surface area contributed by atoms with Crippen LogP contribution in [0.1, 0.15) is 31.4 Å². The third-order valence-corrected chi connectivity index (χ3v) is 6.11. The lowest BCUT2D eigenvalue weighted by molar-refractivity contribution is -0.123. The molecule has 0 saturated carbocycles. The van der Waals surface area contributed by atoms with Crippen LogP contribution in [-0.4, -0.2) is 42.4 Å². The second kappa shape index (κ2) is 10.8. The van der Waals surface area contributed by atoms with Crippen LogP contribution >= 0.6 is 23.4 Å². The van der Waals surface area contributed by atoms with Gasteiger partial charge in [-0.3, -0.25) is 14.5 Å². The van der Waals surface area contributed by atoms with E-state index in [-0.39, 0.29) is 30.4 Å². The molecule has 1 saturated heterocycles. The summed E-state index contributed by atoms with van der Waals surface area (Å²) < 4.78 is 16.9. The van der Waals surface area contributed by atoms with Crippen LogP contribution in [0.2, 0.25) is 5.02 Å². The number of rotatable bonds is 9. The number of hydrogen-bond acceptors (Lipinski definition) is 6. The van der Waals surface area contributed by atoms with Gasteiger partial charge in [-0.2, -0.15) is 0 Å². The number of carbonyl (C=O) groups is 2. The molecule has 1 heterocycles. The van der Waals surface area contributed by atoms with Gasteiger partial charge in [0.15, 0.2) is 11.5 Å². The number of aryl methyl sites for hydroxylation is 1. The zero-order valence-corrected chi connectivity index (χ0v) is 20.1. The highest BCUT2D eigenvalue weighted by Gasteiger charge is 2.35. The Balaban J connectivity index is 1.70. The lowest BCUT2D eigenvalue weighted by Gasteiger charge is -2.17. The summed E-state index contributed by atoms with van der Waals surface area (Å²) in [6.45, 7) is 6.34. The number of carbonyl (C=O) groups excluding carboxylic acids is 2. The predicted octanol–water partition coefficient (Wildman–Crippen LogP) is 5.95. The van der Waals surface area contributed by atoms with E-state index >= 15 is 0 Å². The first-order chi connectivity index (χ1) is 15.3. The van der Waals surface area contributed by atoms with Gasteiger partial charge in [0.2, 0.25) is 0 Å². The van der Waals surface area contributed by atoms with Crippen molar-refractivity contribution in [3.05, 3.63) is 57.5 Å². The number of halogens is 1. The third-order valence-electron chi connectivity index (χ3n) is 4.92. The lowest BCUT2D eigenvalue weighted by atomic mass is 10.1. The lowest BCUT2D eigenvalue weighted by Crippen LogP contribution is -2.32. The molecule has 2 aromatic carbocycles. The summed E-state index contributed by atoms with van der Waals surface area (Å²) in [5.41, 5.74) is 1.77. The quantitative estimate of drug-likeness (QED) is 0.417. The van der Waals surface area contributed by atoms with Crippen molar-refractivity contribution in [1.82, 2.24) is 4.90 Å². The molecule has 6 nitrogen and oxygen atoms in total. The van der Waals surface area contributed by atoms with Crippen LogP contribution in [0.15, 0.2) is 41.3 Å². The molecule has 0 bridgehead atoms. The average Bonchev–Trinajstić information content (AvgIpc) is 3.03. The van der Waals surface area contributed by atoms with Gasteiger partial charge in [0.25, 0.3) is 11.1 Å². The van der Waals surface area contributed by atoms with Crippen LogP contribution in [0.5, 0.6) is 17.2 Å². The summed E-state index contributed by atoms with van der Waals surface area (Å²) in [5, 5.41) is 0.0465. The number of hydrogen-bond donors (Lipinski definition) is 0. The number of ether oxygens (including phenoxy) is 3. The molecule has 1 atom stereocenters. The highest BCUT2D eigenvalue weighted by Crippen LogP contribution is 2.39. The van der Waals surface area contributed by atoms with Gasteiger partial charge >= 0.3 is 0 Å². The van der Waals surface area contributed by atoms with Gasteiger partial charge in [0, 0.05) is 0 Å². The molecule has 2 amide bonds. The Morgan fingerprint density at radius 3 is 2.56 bits per heavy atom. The second-order valence-electron chi connectivity index (χ2n) is 7.37. The minimum Gasteiger partial charge on any atom is -0.493 e. The van der Waals surface area contributed by atoms with Gasteiger partial charge in [0.05, 0.1) is 29.7 Å². The van der Waals surface area contributed by atoms with Crippen LogP contribution in [0, 0.1) is 6.92 Å². The van der Waals surface area contributed by atoms with E-state index < -0.39 is 0 Å². The van der Waals surface area contributed by atoms with Crippen LogP contribution < -0.4 is 14.2 Å². The molecule has 2 aromatic rings. The first kappa shape index (κ1) is 24.0. The summed E-state index contributed by atoms with van der Waals surface area (Å²) in [6.07, 6.45) is 2.43. The van der Waals surface area contributed by atoms with Gasteiger partial charge in [-0.25, -0.2) is 0 Å². The Morgan fingerprint density at radius 2 is 1.91 bits per heavy atom. The van der Waals surface area contributed by atoms with E-state index in [1.165, 1.54) is 12.0 Å². The highest BCUT2D eigenvalue weighted by molar-refractivity contribution is 8.18. The fraction of sp³-hybridized carbons (Fsp3) is 0.333. The van der Waals surface area contributed by atoms with E-state index in [0.29, 0.717) is 32.7 Å². The van der Waals surface area contributed by atoms with Crippen LogP contribution in [0.25, 0.3) is 6.08 Å². The van der Waals surface area contributed by atoms with Gasteiger partial charge in [-0.05, 0) is 67.9 Å². The molecule has 0 aliphatic carbocycles. The van der Waals surface area contributed by atoms with E-state index in [1.54, 1.807) is 18.2 Å². The van der Waals surface area contributed by atoms with Crippen molar-refractivity contribution < 1.29 is 23.8 Å². The number of thioether (sulfide) groups is 1. The molecule has 1 aliphatic heterocycles. The minimum absolute atomic E-state index is 0.0223. The van der Waals surface area contributed by atoms with E-state index in [2.05, 4.69) is 0 Å². The monoisotopic (exact) mass is 475 g/mol. The highest BCUT2D eigenvalue weighted by atomic mass is 35.5. The SMILES string of the molecule is CC[C@H](C)Oc1c(Cl)cc(/C=C2\SC(=O)N(CCOc3ccc(C)cc3)C2=O)cc1OC. The fourth-order valence-corrected chi connectivity index (χ4v) is 4.08. The van der Waals surface area contributed by atoms with E-state index in [4.69, 9.17) is 25.8 Å². The summed E-state index contributed by atoms with van der Waals surface area (Å²) in [6, 6.07) is 11.0. The molecular weight excluding hydrogens is 450 g/mol.